The van der Waals surface area contributed by atoms with Crippen molar-refractivity contribution in [2.24, 2.45) is 5.92 Å². The Morgan fingerprint density at radius 3 is 2.26 bits per heavy atom. The molecular formula is C23H27N3O4S. The van der Waals surface area contributed by atoms with Crippen LogP contribution in [0, 0.1) is 5.92 Å². The zero-order valence-electron chi connectivity index (χ0n) is 17.8. The summed E-state index contributed by atoms with van der Waals surface area (Å²) in [6.45, 7) is 4.90. The predicted molar refractivity (Wildman–Crippen MR) is 125 cm³/mol. The van der Waals surface area contributed by atoms with E-state index in [0.717, 1.165) is 17.7 Å². The van der Waals surface area contributed by atoms with Crippen LogP contribution in [-0.4, -0.2) is 30.6 Å². The number of carbonyl (C=O) groups excluding carboxylic acids is 2. The lowest BCUT2D eigenvalue weighted by Crippen LogP contribution is -2.48. The fourth-order valence-corrected chi connectivity index (χ4v) is 2.52. The van der Waals surface area contributed by atoms with E-state index in [9.17, 15) is 9.59 Å². The summed E-state index contributed by atoms with van der Waals surface area (Å²) in [5.41, 5.74) is 6.21. The van der Waals surface area contributed by atoms with Crippen molar-refractivity contribution in [1.29, 1.82) is 0 Å². The SMILES string of the molecule is COc1ccc(/C=C/C(=O)NC(=S)NNC(=O)c2ccc(OCCC(C)C)cc2)cc1. The van der Waals surface area contributed by atoms with E-state index in [1.807, 2.05) is 12.1 Å². The van der Waals surface area contributed by atoms with Gasteiger partial charge in [-0.1, -0.05) is 26.0 Å². The van der Waals surface area contributed by atoms with Crippen molar-refractivity contribution in [3.63, 3.8) is 0 Å². The first kappa shape index (κ1) is 23.9. The molecule has 31 heavy (non-hydrogen) atoms. The highest BCUT2D eigenvalue weighted by Crippen LogP contribution is 2.13. The monoisotopic (exact) mass is 441 g/mol. The molecule has 0 saturated carbocycles. The molecule has 7 nitrogen and oxygen atoms in total. The second-order valence-corrected chi connectivity index (χ2v) is 7.47. The van der Waals surface area contributed by atoms with Crippen LogP contribution in [0.1, 0.15) is 36.2 Å². The molecule has 164 valence electrons. The third-order valence-electron chi connectivity index (χ3n) is 4.15. The van der Waals surface area contributed by atoms with E-state index in [1.165, 1.54) is 6.08 Å². The van der Waals surface area contributed by atoms with Crippen molar-refractivity contribution in [3.05, 3.63) is 65.7 Å². The molecule has 0 atom stereocenters. The second kappa shape index (κ2) is 12.3. The number of carbonyl (C=O) groups is 2. The molecule has 2 amide bonds. The third kappa shape index (κ3) is 8.88. The van der Waals surface area contributed by atoms with E-state index in [0.29, 0.717) is 23.8 Å². The fourth-order valence-electron chi connectivity index (χ4n) is 2.37. The molecule has 0 aliphatic rings. The highest BCUT2D eigenvalue weighted by atomic mass is 32.1. The summed E-state index contributed by atoms with van der Waals surface area (Å²) in [4.78, 5) is 24.2. The number of methoxy groups -OCH3 is 1. The Morgan fingerprint density at radius 1 is 1.00 bits per heavy atom. The molecule has 0 spiro atoms. The molecule has 0 bridgehead atoms. The van der Waals surface area contributed by atoms with Gasteiger partial charge in [0, 0.05) is 11.6 Å². The van der Waals surface area contributed by atoms with E-state index >= 15 is 0 Å². The highest BCUT2D eigenvalue weighted by Gasteiger charge is 2.07. The van der Waals surface area contributed by atoms with Crippen LogP contribution in [0.25, 0.3) is 6.08 Å². The van der Waals surface area contributed by atoms with Gasteiger partial charge in [-0.25, -0.2) is 0 Å². The standard InChI is InChI=1S/C23H27N3O4S/c1-16(2)14-15-30-20-11-7-18(8-12-20)22(28)25-26-23(31)24-21(27)13-6-17-4-9-19(29-3)10-5-17/h4-13,16H,14-15H2,1-3H3,(H,25,28)(H2,24,26,27,31)/b13-6+. The molecule has 3 N–H and O–H groups in total. The maximum atomic E-state index is 12.2. The number of thiocarbonyl (C=S) groups is 1. The first-order valence-corrected chi connectivity index (χ1v) is 10.2. The molecule has 0 fully saturated rings. The van der Waals surface area contributed by atoms with Gasteiger partial charge in [-0.05, 0) is 72.6 Å². The number of amides is 2. The Labute approximate surface area is 187 Å². The van der Waals surface area contributed by atoms with Crippen LogP contribution in [0.3, 0.4) is 0 Å². The van der Waals surface area contributed by atoms with E-state index in [1.54, 1.807) is 49.6 Å². The summed E-state index contributed by atoms with van der Waals surface area (Å²) >= 11 is 5.02. The Morgan fingerprint density at radius 2 is 1.65 bits per heavy atom. The van der Waals surface area contributed by atoms with Gasteiger partial charge >= 0.3 is 0 Å². The maximum absolute atomic E-state index is 12.2. The van der Waals surface area contributed by atoms with Crippen LogP contribution >= 0.6 is 12.2 Å². The summed E-state index contributed by atoms with van der Waals surface area (Å²) in [6.07, 6.45) is 3.95. The Kier molecular flexibility index (Phi) is 9.51. The zero-order chi connectivity index (χ0) is 22.6. The minimum Gasteiger partial charge on any atom is -0.497 e. The molecule has 0 heterocycles. The molecule has 8 heteroatoms. The maximum Gasteiger partial charge on any atom is 0.269 e. The molecule has 0 unspecified atom stereocenters. The van der Waals surface area contributed by atoms with Gasteiger partial charge in [0.15, 0.2) is 5.11 Å². The number of ether oxygens (including phenoxy) is 2. The van der Waals surface area contributed by atoms with Crippen molar-refractivity contribution in [2.75, 3.05) is 13.7 Å². The molecule has 2 rings (SSSR count). The molecule has 2 aromatic carbocycles. The third-order valence-corrected chi connectivity index (χ3v) is 4.35. The van der Waals surface area contributed by atoms with E-state index in [2.05, 4.69) is 30.0 Å². The number of hydrazine groups is 1. The first-order chi connectivity index (χ1) is 14.9. The summed E-state index contributed by atoms with van der Waals surface area (Å²) in [5, 5.41) is 2.43. The number of nitrogens with one attached hydrogen (secondary N) is 3. The second-order valence-electron chi connectivity index (χ2n) is 7.06. The van der Waals surface area contributed by atoms with Crippen molar-refractivity contribution < 1.29 is 19.1 Å². The lowest BCUT2D eigenvalue weighted by atomic mass is 10.1. The molecular weight excluding hydrogens is 414 g/mol. The lowest BCUT2D eigenvalue weighted by Gasteiger charge is -2.11. The molecule has 2 aromatic rings. The van der Waals surface area contributed by atoms with Gasteiger partial charge in [-0.2, -0.15) is 0 Å². The lowest BCUT2D eigenvalue weighted by molar-refractivity contribution is -0.115. The number of hydrogen-bond acceptors (Lipinski definition) is 5. The normalized spacial score (nSPS) is 10.6. The van der Waals surface area contributed by atoms with Crippen LogP contribution in [0.5, 0.6) is 11.5 Å². The topological polar surface area (TPSA) is 88.7 Å². The molecule has 0 aliphatic heterocycles. The van der Waals surface area contributed by atoms with Crippen LogP contribution in [0.2, 0.25) is 0 Å². The first-order valence-electron chi connectivity index (χ1n) is 9.83. The average Bonchev–Trinajstić information content (AvgIpc) is 2.76. The van der Waals surface area contributed by atoms with Crippen LogP contribution in [0.4, 0.5) is 0 Å². The van der Waals surface area contributed by atoms with Gasteiger partial charge in [-0.15, -0.1) is 0 Å². The summed E-state index contributed by atoms with van der Waals surface area (Å²) in [5.74, 6) is 1.19. The summed E-state index contributed by atoms with van der Waals surface area (Å²) in [7, 11) is 1.59. The van der Waals surface area contributed by atoms with Gasteiger partial charge < -0.3 is 9.47 Å². The Bertz CT molecular complexity index is 909. The van der Waals surface area contributed by atoms with Gasteiger partial charge in [0.2, 0.25) is 5.91 Å². The predicted octanol–water partition coefficient (Wildman–Crippen LogP) is 3.47. The minimum atomic E-state index is -0.425. The largest absolute Gasteiger partial charge is 0.497 e. The highest BCUT2D eigenvalue weighted by molar-refractivity contribution is 7.80. The average molecular weight is 442 g/mol. The Balaban J connectivity index is 1.74. The van der Waals surface area contributed by atoms with Crippen molar-refractivity contribution in [3.8, 4) is 11.5 Å². The van der Waals surface area contributed by atoms with E-state index in [4.69, 9.17) is 21.7 Å². The van der Waals surface area contributed by atoms with Crippen LogP contribution < -0.4 is 25.6 Å². The van der Waals surface area contributed by atoms with Gasteiger partial charge in [-0.3, -0.25) is 25.8 Å². The van der Waals surface area contributed by atoms with E-state index in [-0.39, 0.29) is 11.0 Å². The van der Waals surface area contributed by atoms with Gasteiger partial charge in [0.05, 0.1) is 13.7 Å². The zero-order valence-corrected chi connectivity index (χ0v) is 18.6. The number of benzene rings is 2. The summed E-state index contributed by atoms with van der Waals surface area (Å²) < 4.78 is 10.7. The fraction of sp³-hybridized carbons (Fsp3) is 0.261. The minimum absolute atomic E-state index is 0.0219. The van der Waals surface area contributed by atoms with Crippen molar-refractivity contribution in [1.82, 2.24) is 16.2 Å². The molecule has 0 radical (unpaired) electrons. The smallest absolute Gasteiger partial charge is 0.269 e. The van der Waals surface area contributed by atoms with Crippen molar-refractivity contribution in [2.45, 2.75) is 20.3 Å². The quantitative estimate of drug-likeness (QED) is 0.330. The van der Waals surface area contributed by atoms with E-state index < -0.39 is 5.91 Å². The molecule has 0 aromatic heterocycles. The van der Waals surface area contributed by atoms with Crippen LogP contribution in [-0.2, 0) is 4.79 Å². The summed E-state index contributed by atoms with van der Waals surface area (Å²) in [6, 6.07) is 14.0. The molecule has 0 aliphatic carbocycles. The van der Waals surface area contributed by atoms with Crippen LogP contribution in [0.15, 0.2) is 54.6 Å². The number of hydrogen-bond donors (Lipinski definition) is 3. The Hall–Kier alpha value is -3.39. The molecule has 0 saturated heterocycles. The van der Waals surface area contributed by atoms with Crippen molar-refractivity contribution >= 4 is 35.2 Å². The van der Waals surface area contributed by atoms with Gasteiger partial charge in [0.25, 0.3) is 5.91 Å². The number of rotatable bonds is 8. The van der Waals surface area contributed by atoms with Gasteiger partial charge in [0.1, 0.15) is 11.5 Å².